The average molecular weight is 450 g/mol. The lowest BCUT2D eigenvalue weighted by molar-refractivity contribution is 0.210. The summed E-state index contributed by atoms with van der Waals surface area (Å²) in [6.45, 7) is 5.60. The van der Waals surface area contributed by atoms with Gasteiger partial charge in [0.15, 0.2) is 0 Å². The molecule has 1 aliphatic rings. The minimum Gasteiger partial charge on any atom is -0.310 e. The fourth-order valence-electron chi connectivity index (χ4n) is 3.51. The van der Waals surface area contributed by atoms with E-state index in [1.807, 2.05) is 0 Å². The van der Waals surface area contributed by atoms with Crippen LogP contribution < -0.4 is 5.32 Å². The Labute approximate surface area is 145 Å². The van der Waals surface area contributed by atoms with Crippen LogP contribution in [-0.4, -0.2) is 6.54 Å². The van der Waals surface area contributed by atoms with Gasteiger partial charge in [-0.1, -0.05) is 49.0 Å². The second-order valence-electron chi connectivity index (χ2n) is 5.90. The smallest absolute Gasteiger partial charge is 0.0360 e. The van der Waals surface area contributed by atoms with Crippen LogP contribution in [0.25, 0.3) is 0 Å². The van der Waals surface area contributed by atoms with Crippen molar-refractivity contribution in [1.82, 2.24) is 5.32 Å². The molecule has 1 aromatic carbocycles. The summed E-state index contributed by atoms with van der Waals surface area (Å²) in [5.74, 6) is 1.71. The van der Waals surface area contributed by atoms with Gasteiger partial charge in [0.25, 0.3) is 0 Å². The predicted octanol–water partition coefficient (Wildman–Crippen LogP) is 5.92. The van der Waals surface area contributed by atoms with E-state index in [1.165, 1.54) is 45.7 Å². The van der Waals surface area contributed by atoms with Crippen molar-refractivity contribution in [2.45, 2.75) is 52.0 Å². The first kappa shape index (κ1) is 16.8. The Morgan fingerprint density at radius 3 is 2.85 bits per heavy atom. The van der Waals surface area contributed by atoms with Gasteiger partial charge in [-0.2, -0.15) is 0 Å². The zero-order valence-electron chi connectivity index (χ0n) is 12.5. The lowest BCUT2D eigenvalue weighted by Crippen LogP contribution is -2.32. The first-order valence-electron chi connectivity index (χ1n) is 7.84. The van der Waals surface area contributed by atoms with E-state index >= 15 is 0 Å². The molecule has 0 aliphatic heterocycles. The third kappa shape index (κ3) is 4.20. The third-order valence-corrected chi connectivity index (χ3v) is 5.98. The fourth-order valence-corrected chi connectivity index (χ4v) is 4.52. The van der Waals surface area contributed by atoms with Crippen LogP contribution in [0.1, 0.15) is 57.6 Å². The average Bonchev–Trinajstić information content (AvgIpc) is 2.47. The third-order valence-electron chi connectivity index (χ3n) is 4.59. The minimum absolute atomic E-state index is 0.499. The molecule has 1 aromatic rings. The molecule has 0 spiro atoms. The lowest BCUT2D eigenvalue weighted by atomic mass is 9.75. The molecule has 1 saturated carbocycles. The maximum Gasteiger partial charge on any atom is 0.0360 e. The standard InChI is InChI=1S/C17H25BrIN/c1-3-12-6-5-7-13(10-12)17(20-4-2)15-11-14(19)8-9-16(15)18/h8-9,11-13,17,20H,3-7,10H2,1-2H3. The molecule has 0 amide bonds. The van der Waals surface area contributed by atoms with E-state index in [0.717, 1.165) is 18.4 Å². The van der Waals surface area contributed by atoms with Crippen molar-refractivity contribution in [3.05, 3.63) is 31.8 Å². The first-order valence-corrected chi connectivity index (χ1v) is 9.71. The second kappa shape index (κ2) is 8.14. The van der Waals surface area contributed by atoms with Gasteiger partial charge in [0.1, 0.15) is 0 Å². The van der Waals surface area contributed by atoms with Crippen LogP contribution in [0.4, 0.5) is 0 Å². The molecular formula is C17H25BrIN. The van der Waals surface area contributed by atoms with Crippen molar-refractivity contribution in [2.75, 3.05) is 6.54 Å². The van der Waals surface area contributed by atoms with Gasteiger partial charge in [-0.3, -0.25) is 0 Å². The SMILES string of the molecule is CCNC(c1cc(I)ccc1Br)C1CCCC(CC)C1. The fraction of sp³-hybridized carbons (Fsp3) is 0.647. The van der Waals surface area contributed by atoms with Crippen molar-refractivity contribution in [1.29, 1.82) is 0 Å². The molecule has 3 heteroatoms. The summed E-state index contributed by atoms with van der Waals surface area (Å²) in [6.07, 6.45) is 6.91. The van der Waals surface area contributed by atoms with Crippen molar-refractivity contribution in [2.24, 2.45) is 11.8 Å². The van der Waals surface area contributed by atoms with Crippen LogP contribution in [0.2, 0.25) is 0 Å². The largest absolute Gasteiger partial charge is 0.310 e. The number of halogens is 2. The summed E-state index contributed by atoms with van der Waals surface area (Å²) in [6, 6.07) is 7.21. The molecule has 3 unspecified atom stereocenters. The maximum atomic E-state index is 3.76. The molecule has 20 heavy (non-hydrogen) atoms. The van der Waals surface area contributed by atoms with Crippen LogP contribution >= 0.6 is 38.5 Å². The van der Waals surface area contributed by atoms with Crippen LogP contribution in [0.15, 0.2) is 22.7 Å². The van der Waals surface area contributed by atoms with Crippen LogP contribution in [0.3, 0.4) is 0 Å². The van der Waals surface area contributed by atoms with Crippen LogP contribution in [-0.2, 0) is 0 Å². The van der Waals surface area contributed by atoms with E-state index < -0.39 is 0 Å². The summed E-state index contributed by atoms with van der Waals surface area (Å²) in [4.78, 5) is 0. The molecule has 0 radical (unpaired) electrons. The van der Waals surface area contributed by atoms with Gasteiger partial charge in [0, 0.05) is 14.1 Å². The number of nitrogens with one attached hydrogen (secondary N) is 1. The summed E-state index contributed by atoms with van der Waals surface area (Å²) < 4.78 is 2.58. The molecule has 1 N–H and O–H groups in total. The van der Waals surface area contributed by atoms with Gasteiger partial charge in [-0.15, -0.1) is 0 Å². The molecule has 0 bridgehead atoms. The highest BCUT2D eigenvalue weighted by Crippen LogP contribution is 2.40. The van der Waals surface area contributed by atoms with E-state index in [9.17, 15) is 0 Å². The van der Waals surface area contributed by atoms with Gasteiger partial charge in [0.2, 0.25) is 0 Å². The summed E-state index contributed by atoms with van der Waals surface area (Å²) in [7, 11) is 0. The first-order chi connectivity index (χ1) is 9.65. The monoisotopic (exact) mass is 449 g/mol. The Morgan fingerprint density at radius 2 is 2.15 bits per heavy atom. The highest BCUT2D eigenvalue weighted by Gasteiger charge is 2.29. The summed E-state index contributed by atoms with van der Waals surface area (Å²) in [5, 5.41) is 3.75. The van der Waals surface area contributed by atoms with Crippen molar-refractivity contribution in [3.8, 4) is 0 Å². The molecule has 0 heterocycles. The Hall–Kier alpha value is 0.390. The van der Waals surface area contributed by atoms with Gasteiger partial charge in [-0.25, -0.2) is 0 Å². The summed E-state index contributed by atoms with van der Waals surface area (Å²) in [5.41, 5.74) is 1.44. The molecule has 112 valence electrons. The topological polar surface area (TPSA) is 12.0 Å². The molecule has 0 aromatic heterocycles. The van der Waals surface area contributed by atoms with E-state index in [1.54, 1.807) is 0 Å². The molecule has 2 rings (SSSR count). The number of hydrogen-bond donors (Lipinski definition) is 1. The van der Waals surface area contributed by atoms with E-state index in [4.69, 9.17) is 0 Å². The minimum atomic E-state index is 0.499. The van der Waals surface area contributed by atoms with Crippen LogP contribution in [0, 0.1) is 15.4 Å². The molecule has 0 saturated heterocycles. The van der Waals surface area contributed by atoms with Crippen molar-refractivity contribution >= 4 is 38.5 Å². The van der Waals surface area contributed by atoms with Gasteiger partial charge < -0.3 is 5.32 Å². The van der Waals surface area contributed by atoms with Crippen LogP contribution in [0.5, 0.6) is 0 Å². The van der Waals surface area contributed by atoms with E-state index in [0.29, 0.717) is 6.04 Å². The Kier molecular flexibility index (Phi) is 6.82. The van der Waals surface area contributed by atoms with E-state index in [-0.39, 0.29) is 0 Å². The highest BCUT2D eigenvalue weighted by molar-refractivity contribution is 14.1. The Morgan fingerprint density at radius 1 is 1.35 bits per heavy atom. The molecule has 1 nitrogen and oxygen atoms in total. The normalized spacial score (nSPS) is 24.6. The number of hydrogen-bond acceptors (Lipinski definition) is 1. The number of rotatable bonds is 5. The van der Waals surface area contributed by atoms with Gasteiger partial charge >= 0.3 is 0 Å². The Balaban J connectivity index is 2.23. The number of benzene rings is 1. The van der Waals surface area contributed by atoms with Gasteiger partial charge in [-0.05, 0) is 77.6 Å². The quantitative estimate of drug-likeness (QED) is 0.550. The highest BCUT2D eigenvalue weighted by atomic mass is 127. The molecular weight excluding hydrogens is 425 g/mol. The zero-order valence-corrected chi connectivity index (χ0v) is 16.2. The van der Waals surface area contributed by atoms with Gasteiger partial charge in [0.05, 0.1) is 0 Å². The predicted molar refractivity (Wildman–Crippen MR) is 99.0 cm³/mol. The molecule has 1 fully saturated rings. The molecule has 1 aliphatic carbocycles. The Bertz CT molecular complexity index is 435. The van der Waals surface area contributed by atoms with E-state index in [2.05, 4.69) is 75.9 Å². The second-order valence-corrected chi connectivity index (χ2v) is 8.00. The van der Waals surface area contributed by atoms with Crippen molar-refractivity contribution in [3.63, 3.8) is 0 Å². The zero-order chi connectivity index (χ0) is 14.5. The van der Waals surface area contributed by atoms with Crippen molar-refractivity contribution < 1.29 is 0 Å². The lowest BCUT2D eigenvalue weighted by Gasteiger charge is -2.35. The molecule has 3 atom stereocenters. The summed E-state index contributed by atoms with van der Waals surface area (Å²) >= 11 is 6.17. The maximum absolute atomic E-state index is 3.76.